The van der Waals surface area contributed by atoms with Gasteiger partial charge in [-0.2, -0.15) is 5.10 Å². The van der Waals surface area contributed by atoms with Crippen molar-refractivity contribution in [2.75, 3.05) is 5.32 Å². The average molecular weight is 686 g/mol. The zero-order chi connectivity index (χ0) is 32.5. The SMILES string of the molecule is Cc1ncc(-c2ccc3c(c2)c(C(=O)NC(C)(C)C2CC2)nn3CC(=O)N2[C@H](C(=O)Nc3nc(Br)ccc3C)C[C@@]3(C)C[C@@H]23)cn1. The number of pyridine rings is 1. The molecule has 2 N–H and O–H groups in total. The number of aryl methyl sites for hydroxylation is 2. The molecular weight excluding hydrogens is 648 g/mol. The Morgan fingerprint density at radius 3 is 2.50 bits per heavy atom. The van der Waals surface area contributed by atoms with E-state index >= 15 is 0 Å². The molecule has 1 saturated heterocycles. The molecule has 3 atom stereocenters. The van der Waals surface area contributed by atoms with E-state index in [1.807, 2.05) is 58.0 Å². The van der Waals surface area contributed by atoms with Crippen LogP contribution in [0.2, 0.25) is 0 Å². The molecule has 1 aliphatic heterocycles. The highest BCUT2D eigenvalue weighted by Gasteiger charge is 2.64. The summed E-state index contributed by atoms with van der Waals surface area (Å²) < 4.78 is 2.21. The second-order valence-electron chi connectivity index (χ2n) is 13.9. The Balaban J connectivity index is 1.20. The fraction of sp³-hybridized carbons (Fsp3) is 0.441. The standard InChI is InChI=1S/C34H37BrN8O3/c1-18-6-11-27(35)38-30(18)39-31(45)25-13-34(5)14-26(34)43(25)28(44)17-42-24-10-7-20(21-15-36-19(2)37-16-21)12-23(24)29(41-42)32(46)40-33(3,4)22-8-9-22/h6-7,10-12,15-16,22,25-26H,8-9,13-14,17H2,1-5H3,(H,40,46)(H,38,39,45)/t25-,26+,34-/m0/s1. The van der Waals surface area contributed by atoms with Crippen molar-refractivity contribution in [3.63, 3.8) is 0 Å². The molecule has 1 aromatic carbocycles. The fourth-order valence-corrected chi connectivity index (χ4v) is 7.16. The minimum absolute atomic E-state index is 0.0237. The number of halogens is 1. The quantitative estimate of drug-likeness (QED) is 0.244. The molecule has 0 spiro atoms. The molecule has 0 bridgehead atoms. The van der Waals surface area contributed by atoms with Crippen LogP contribution in [0.4, 0.5) is 5.82 Å². The largest absolute Gasteiger partial charge is 0.345 e. The van der Waals surface area contributed by atoms with Gasteiger partial charge >= 0.3 is 0 Å². The molecule has 3 fully saturated rings. The van der Waals surface area contributed by atoms with Gasteiger partial charge in [0.05, 0.1) is 5.52 Å². The summed E-state index contributed by atoms with van der Waals surface area (Å²) in [6.07, 6.45) is 7.09. The second kappa shape index (κ2) is 11.0. The van der Waals surface area contributed by atoms with Gasteiger partial charge in [-0.25, -0.2) is 15.0 Å². The molecule has 238 valence electrons. The van der Waals surface area contributed by atoms with Gasteiger partial charge in [0.25, 0.3) is 5.91 Å². The molecule has 4 aromatic rings. The number of carbonyl (C=O) groups excluding carboxylic acids is 3. The third-order valence-electron chi connectivity index (χ3n) is 9.93. The van der Waals surface area contributed by atoms with Gasteiger partial charge in [0, 0.05) is 34.9 Å². The molecule has 0 unspecified atom stereocenters. The lowest BCUT2D eigenvalue weighted by Gasteiger charge is -2.27. The van der Waals surface area contributed by atoms with E-state index < -0.39 is 6.04 Å². The van der Waals surface area contributed by atoms with E-state index in [1.165, 1.54) is 0 Å². The molecule has 12 heteroatoms. The number of anilines is 1. The Hall–Kier alpha value is -4.19. The third kappa shape index (κ3) is 5.56. The Bertz CT molecular complexity index is 1900. The Kier molecular flexibility index (Phi) is 7.26. The molecular formula is C34H37BrN8O3. The van der Waals surface area contributed by atoms with Crippen LogP contribution in [0.25, 0.3) is 22.0 Å². The van der Waals surface area contributed by atoms with Crippen LogP contribution in [0.3, 0.4) is 0 Å². The third-order valence-corrected chi connectivity index (χ3v) is 10.4. The number of benzene rings is 1. The minimum Gasteiger partial charge on any atom is -0.345 e. The normalized spacial score (nSPS) is 22.1. The van der Waals surface area contributed by atoms with Crippen molar-refractivity contribution in [3.05, 3.63) is 64.4 Å². The van der Waals surface area contributed by atoms with Crippen LogP contribution < -0.4 is 10.6 Å². The summed E-state index contributed by atoms with van der Waals surface area (Å²) in [7, 11) is 0. The van der Waals surface area contributed by atoms with E-state index in [2.05, 4.69) is 48.4 Å². The van der Waals surface area contributed by atoms with Crippen molar-refractivity contribution in [1.82, 2.24) is 34.9 Å². The van der Waals surface area contributed by atoms with Crippen molar-refractivity contribution in [2.24, 2.45) is 11.3 Å². The number of likely N-dealkylation sites (tertiary alicyclic amines) is 1. The van der Waals surface area contributed by atoms with Crippen LogP contribution in [-0.2, 0) is 16.1 Å². The Labute approximate surface area is 275 Å². The zero-order valence-electron chi connectivity index (χ0n) is 26.6. The van der Waals surface area contributed by atoms with Gasteiger partial charge in [0.1, 0.15) is 28.8 Å². The average Bonchev–Trinajstić information content (AvgIpc) is 3.92. The lowest BCUT2D eigenvalue weighted by atomic mass is 9.98. The number of fused-ring (bicyclic) bond motifs is 2. The first-order valence-corrected chi connectivity index (χ1v) is 16.5. The lowest BCUT2D eigenvalue weighted by molar-refractivity contribution is -0.138. The summed E-state index contributed by atoms with van der Waals surface area (Å²) in [4.78, 5) is 56.3. The molecule has 4 heterocycles. The van der Waals surface area contributed by atoms with Gasteiger partial charge in [-0.05, 0) is 110 Å². The van der Waals surface area contributed by atoms with Gasteiger partial charge in [-0.3, -0.25) is 19.1 Å². The fourth-order valence-electron chi connectivity index (χ4n) is 6.85. The Morgan fingerprint density at radius 2 is 1.78 bits per heavy atom. The van der Waals surface area contributed by atoms with Crippen molar-refractivity contribution in [2.45, 2.75) is 84.5 Å². The van der Waals surface area contributed by atoms with Gasteiger partial charge in [-0.15, -0.1) is 0 Å². The number of nitrogens with zero attached hydrogens (tertiary/aromatic N) is 6. The first-order valence-electron chi connectivity index (χ1n) is 15.7. The molecule has 3 aromatic heterocycles. The van der Waals surface area contributed by atoms with E-state index in [0.717, 1.165) is 36.0 Å². The van der Waals surface area contributed by atoms with Crippen LogP contribution in [0.15, 0.2) is 47.3 Å². The van der Waals surface area contributed by atoms with Crippen LogP contribution >= 0.6 is 15.9 Å². The number of piperidine rings is 1. The first kappa shape index (κ1) is 30.5. The van der Waals surface area contributed by atoms with E-state index in [9.17, 15) is 14.4 Å². The number of rotatable bonds is 8. The van der Waals surface area contributed by atoms with E-state index in [4.69, 9.17) is 5.10 Å². The summed E-state index contributed by atoms with van der Waals surface area (Å²) in [6.45, 7) is 9.80. The highest BCUT2D eigenvalue weighted by Crippen LogP contribution is 2.59. The van der Waals surface area contributed by atoms with Crippen LogP contribution in [0.1, 0.15) is 68.3 Å². The molecule has 2 aliphatic carbocycles. The van der Waals surface area contributed by atoms with Crippen LogP contribution in [0, 0.1) is 25.2 Å². The van der Waals surface area contributed by atoms with Crippen molar-refractivity contribution < 1.29 is 14.4 Å². The molecule has 7 rings (SSSR count). The predicted octanol–water partition coefficient (Wildman–Crippen LogP) is 5.20. The maximum atomic E-state index is 14.1. The number of aromatic nitrogens is 5. The topological polar surface area (TPSA) is 135 Å². The molecule has 2 saturated carbocycles. The summed E-state index contributed by atoms with van der Waals surface area (Å²) >= 11 is 3.37. The smallest absolute Gasteiger partial charge is 0.272 e. The highest BCUT2D eigenvalue weighted by atomic mass is 79.9. The number of carbonyl (C=O) groups is 3. The van der Waals surface area contributed by atoms with Crippen LogP contribution in [0.5, 0.6) is 0 Å². The Morgan fingerprint density at radius 1 is 1.04 bits per heavy atom. The summed E-state index contributed by atoms with van der Waals surface area (Å²) in [5, 5.41) is 11.5. The maximum absolute atomic E-state index is 14.1. The van der Waals surface area contributed by atoms with Gasteiger partial charge in [0.2, 0.25) is 11.8 Å². The molecule has 0 radical (unpaired) electrons. The van der Waals surface area contributed by atoms with Gasteiger partial charge < -0.3 is 15.5 Å². The van der Waals surface area contributed by atoms with Crippen molar-refractivity contribution in [1.29, 1.82) is 0 Å². The highest BCUT2D eigenvalue weighted by molar-refractivity contribution is 9.10. The molecule has 3 aliphatic rings. The number of nitrogens with one attached hydrogen (secondary N) is 2. The number of hydrogen-bond donors (Lipinski definition) is 2. The lowest BCUT2D eigenvalue weighted by Crippen LogP contribution is -2.47. The molecule has 11 nitrogen and oxygen atoms in total. The van der Waals surface area contributed by atoms with E-state index in [1.54, 1.807) is 22.0 Å². The van der Waals surface area contributed by atoms with E-state index in [-0.39, 0.29) is 47.0 Å². The first-order chi connectivity index (χ1) is 21.8. The summed E-state index contributed by atoms with van der Waals surface area (Å²) in [5.41, 5.74) is 2.93. The number of amides is 3. The van der Waals surface area contributed by atoms with Gasteiger partial charge in [-0.1, -0.05) is 19.1 Å². The molecule has 3 amide bonds. The van der Waals surface area contributed by atoms with Crippen molar-refractivity contribution in [3.8, 4) is 11.1 Å². The second-order valence-corrected chi connectivity index (χ2v) is 14.7. The maximum Gasteiger partial charge on any atom is 0.272 e. The number of hydrogen-bond acceptors (Lipinski definition) is 7. The van der Waals surface area contributed by atoms with Crippen LogP contribution in [-0.4, -0.2) is 65.0 Å². The van der Waals surface area contributed by atoms with Crippen molar-refractivity contribution >= 4 is 50.4 Å². The zero-order valence-corrected chi connectivity index (χ0v) is 28.2. The summed E-state index contributed by atoms with van der Waals surface area (Å²) in [5.74, 6) is 0.811. The van der Waals surface area contributed by atoms with Gasteiger partial charge in [0.15, 0.2) is 5.69 Å². The predicted molar refractivity (Wildman–Crippen MR) is 177 cm³/mol. The summed E-state index contributed by atoms with van der Waals surface area (Å²) in [6, 6.07) is 8.76. The molecule has 46 heavy (non-hydrogen) atoms. The monoisotopic (exact) mass is 684 g/mol. The minimum atomic E-state index is -0.631. The van der Waals surface area contributed by atoms with E-state index in [0.29, 0.717) is 39.5 Å².